The van der Waals surface area contributed by atoms with Crippen LogP contribution in [-0.2, 0) is 19.6 Å². The van der Waals surface area contributed by atoms with Gasteiger partial charge in [0, 0.05) is 0 Å². The number of hydrogen-bond donors (Lipinski definition) is 2. The molecule has 1 unspecified atom stereocenters. The molecule has 0 aliphatic carbocycles. The average Bonchev–Trinajstić information content (AvgIpc) is 2.61. The second-order valence-electron chi connectivity index (χ2n) is 5.83. The highest BCUT2D eigenvalue weighted by Crippen LogP contribution is 2.26. The Hall–Kier alpha value is -3.21. The molecular weight excluding hydrogens is 410 g/mol. The third kappa shape index (κ3) is 6.71. The van der Waals surface area contributed by atoms with Crippen LogP contribution in [0.2, 0.25) is 0 Å². The number of anilines is 2. The van der Waals surface area contributed by atoms with Gasteiger partial charge in [-0.15, -0.1) is 0 Å². The average molecular weight is 428 g/mol. The molecule has 2 rings (SSSR count). The van der Waals surface area contributed by atoms with Crippen molar-refractivity contribution in [1.29, 1.82) is 0 Å². The summed E-state index contributed by atoms with van der Waals surface area (Å²) in [4.78, 5) is 24.7. The van der Waals surface area contributed by atoms with Gasteiger partial charge in [0.2, 0.25) is 10.0 Å². The van der Waals surface area contributed by atoms with Crippen LogP contribution in [0.25, 0.3) is 0 Å². The largest absolute Gasteiger partial charge is 0.449 e. The zero-order valence-electron chi connectivity index (χ0n) is 15.4. The number of carbonyl (C=O) groups is 2. The van der Waals surface area contributed by atoms with Crippen LogP contribution in [0, 0.1) is 0 Å². The first-order chi connectivity index (χ1) is 13.6. The fraction of sp³-hybridized carbons (Fsp3) is 0.222. The molecule has 1 amide bonds. The fourth-order valence-electron chi connectivity index (χ4n) is 2.23. The highest BCUT2D eigenvalue weighted by molar-refractivity contribution is 7.92. The van der Waals surface area contributed by atoms with Gasteiger partial charge in [-0.05, 0) is 31.2 Å². The number of rotatable bonds is 8. The van der Waals surface area contributed by atoms with Crippen molar-refractivity contribution >= 4 is 33.3 Å². The Kier molecular flexibility index (Phi) is 7.10. The molecule has 0 saturated heterocycles. The standard InChI is InChI=1S/C18H18F2N2O6S/c1-11(16(23)21-14-9-5-6-10-15(14)28-18(19)20)27-17(24)12-7-3-4-8-13(12)22-29(2,25)26/h3-11,18,22H,1-2H3,(H,21,23). The topological polar surface area (TPSA) is 111 Å². The highest BCUT2D eigenvalue weighted by atomic mass is 32.2. The number of esters is 1. The van der Waals surface area contributed by atoms with Crippen LogP contribution >= 0.6 is 0 Å². The molecule has 0 aromatic heterocycles. The Morgan fingerprint density at radius 3 is 2.21 bits per heavy atom. The molecule has 0 bridgehead atoms. The van der Waals surface area contributed by atoms with Gasteiger partial charge in [-0.3, -0.25) is 9.52 Å². The van der Waals surface area contributed by atoms with Gasteiger partial charge in [0.15, 0.2) is 6.10 Å². The van der Waals surface area contributed by atoms with Crippen molar-refractivity contribution in [1.82, 2.24) is 0 Å². The first-order valence-corrected chi connectivity index (χ1v) is 10.1. The minimum absolute atomic E-state index is 0.0108. The van der Waals surface area contributed by atoms with Crippen molar-refractivity contribution in [3.63, 3.8) is 0 Å². The van der Waals surface area contributed by atoms with Crippen LogP contribution in [0.15, 0.2) is 48.5 Å². The van der Waals surface area contributed by atoms with E-state index in [1.54, 1.807) is 0 Å². The quantitative estimate of drug-likeness (QED) is 0.626. The van der Waals surface area contributed by atoms with Crippen molar-refractivity contribution in [3.05, 3.63) is 54.1 Å². The molecule has 0 fully saturated rings. The maximum Gasteiger partial charge on any atom is 0.387 e. The number of alkyl halides is 2. The molecule has 0 aliphatic heterocycles. The third-order valence-corrected chi connectivity index (χ3v) is 4.05. The Balaban J connectivity index is 2.10. The molecule has 1 atom stereocenters. The zero-order valence-corrected chi connectivity index (χ0v) is 16.2. The highest BCUT2D eigenvalue weighted by Gasteiger charge is 2.23. The first-order valence-electron chi connectivity index (χ1n) is 8.19. The van der Waals surface area contributed by atoms with Crippen LogP contribution in [0.5, 0.6) is 5.75 Å². The number of amides is 1. The van der Waals surface area contributed by atoms with Crippen molar-refractivity contribution in [2.75, 3.05) is 16.3 Å². The van der Waals surface area contributed by atoms with Gasteiger partial charge in [-0.1, -0.05) is 24.3 Å². The fourth-order valence-corrected chi connectivity index (χ4v) is 2.81. The number of carbonyl (C=O) groups excluding carboxylic acids is 2. The minimum Gasteiger partial charge on any atom is -0.449 e. The molecule has 0 spiro atoms. The molecule has 0 radical (unpaired) electrons. The third-order valence-electron chi connectivity index (χ3n) is 3.46. The van der Waals surface area contributed by atoms with Gasteiger partial charge >= 0.3 is 12.6 Å². The Morgan fingerprint density at radius 2 is 1.59 bits per heavy atom. The summed E-state index contributed by atoms with van der Waals surface area (Å²) in [6.45, 7) is -1.81. The lowest BCUT2D eigenvalue weighted by molar-refractivity contribution is -0.123. The first kappa shape index (κ1) is 22.1. The normalized spacial score (nSPS) is 12.2. The summed E-state index contributed by atoms with van der Waals surface area (Å²) in [5.41, 5.74) is -0.137. The van der Waals surface area contributed by atoms with Crippen molar-refractivity contribution in [3.8, 4) is 5.75 Å². The van der Waals surface area contributed by atoms with Gasteiger partial charge in [-0.25, -0.2) is 13.2 Å². The van der Waals surface area contributed by atoms with Crippen molar-refractivity contribution in [2.45, 2.75) is 19.6 Å². The predicted octanol–water partition coefficient (Wildman–Crippen LogP) is 2.84. The van der Waals surface area contributed by atoms with E-state index >= 15 is 0 Å². The lowest BCUT2D eigenvalue weighted by atomic mass is 10.2. The molecule has 11 heteroatoms. The molecule has 156 valence electrons. The summed E-state index contributed by atoms with van der Waals surface area (Å²) in [5.74, 6) is -1.99. The molecule has 0 aliphatic rings. The van der Waals surface area contributed by atoms with E-state index in [9.17, 15) is 26.8 Å². The number of hydrogen-bond acceptors (Lipinski definition) is 6. The zero-order chi connectivity index (χ0) is 21.6. The number of para-hydroxylation sites is 3. The summed E-state index contributed by atoms with van der Waals surface area (Å²) < 4.78 is 59.3. The van der Waals surface area contributed by atoms with Crippen LogP contribution in [0.4, 0.5) is 20.2 Å². The summed E-state index contributed by atoms with van der Waals surface area (Å²) in [6, 6.07) is 11.2. The second-order valence-corrected chi connectivity index (χ2v) is 7.58. The van der Waals surface area contributed by atoms with Crippen molar-refractivity contribution in [2.24, 2.45) is 0 Å². The van der Waals surface area contributed by atoms with E-state index in [0.717, 1.165) is 6.26 Å². The molecule has 8 nitrogen and oxygen atoms in total. The van der Waals surface area contributed by atoms with E-state index in [2.05, 4.69) is 14.8 Å². The molecule has 0 heterocycles. The number of nitrogens with one attached hydrogen (secondary N) is 2. The van der Waals surface area contributed by atoms with E-state index in [4.69, 9.17) is 4.74 Å². The molecule has 0 saturated carbocycles. The van der Waals surface area contributed by atoms with Crippen LogP contribution in [-0.4, -0.2) is 39.3 Å². The molecule has 2 N–H and O–H groups in total. The molecule has 2 aromatic rings. The lowest BCUT2D eigenvalue weighted by Gasteiger charge is -2.16. The predicted molar refractivity (Wildman–Crippen MR) is 101 cm³/mol. The summed E-state index contributed by atoms with van der Waals surface area (Å²) in [7, 11) is -3.65. The van der Waals surface area contributed by atoms with Crippen molar-refractivity contribution < 1.29 is 36.3 Å². The van der Waals surface area contributed by atoms with E-state index in [1.165, 1.54) is 55.5 Å². The minimum atomic E-state index is -3.65. The number of halogens is 2. The van der Waals surface area contributed by atoms with E-state index < -0.39 is 34.6 Å². The van der Waals surface area contributed by atoms with Crippen LogP contribution in [0.1, 0.15) is 17.3 Å². The van der Waals surface area contributed by atoms with Gasteiger partial charge in [0.25, 0.3) is 5.91 Å². The van der Waals surface area contributed by atoms with Gasteiger partial charge in [0.05, 0.1) is 23.2 Å². The number of benzene rings is 2. The summed E-state index contributed by atoms with van der Waals surface area (Å²) in [5, 5.41) is 2.34. The smallest absolute Gasteiger partial charge is 0.387 e. The van der Waals surface area contributed by atoms with E-state index in [-0.39, 0.29) is 22.7 Å². The Labute approximate surface area is 165 Å². The second kappa shape index (κ2) is 9.32. The Morgan fingerprint density at radius 1 is 1.00 bits per heavy atom. The molecule has 2 aromatic carbocycles. The van der Waals surface area contributed by atoms with E-state index in [1.807, 2.05) is 0 Å². The molecule has 29 heavy (non-hydrogen) atoms. The monoisotopic (exact) mass is 428 g/mol. The van der Waals surface area contributed by atoms with Gasteiger partial charge in [0.1, 0.15) is 5.75 Å². The number of sulfonamides is 1. The SMILES string of the molecule is CC(OC(=O)c1ccccc1NS(C)(=O)=O)C(=O)Nc1ccccc1OC(F)F. The Bertz CT molecular complexity index is 997. The lowest BCUT2D eigenvalue weighted by Crippen LogP contribution is -2.30. The van der Waals surface area contributed by atoms with E-state index in [0.29, 0.717) is 0 Å². The van der Waals surface area contributed by atoms with Crippen LogP contribution < -0.4 is 14.8 Å². The van der Waals surface area contributed by atoms with Gasteiger partial charge < -0.3 is 14.8 Å². The summed E-state index contributed by atoms with van der Waals surface area (Å²) >= 11 is 0. The van der Waals surface area contributed by atoms with Crippen LogP contribution in [0.3, 0.4) is 0 Å². The number of ether oxygens (including phenoxy) is 2. The maximum atomic E-state index is 12.5. The molecular formula is C18H18F2N2O6S. The summed E-state index contributed by atoms with van der Waals surface area (Å²) in [6.07, 6.45) is -0.391. The maximum absolute atomic E-state index is 12.5. The van der Waals surface area contributed by atoms with Gasteiger partial charge in [-0.2, -0.15) is 8.78 Å².